The molecule has 1 aromatic rings. The monoisotopic (exact) mass is 290 g/mol. The number of aliphatic hydroxyl groups is 1. The molecular weight excluding hydrogens is 268 g/mol. The fourth-order valence-corrected chi connectivity index (χ4v) is 3.78. The van der Waals surface area contributed by atoms with Gasteiger partial charge in [0.15, 0.2) is 0 Å². The third kappa shape index (κ3) is 3.36. The summed E-state index contributed by atoms with van der Waals surface area (Å²) in [5.41, 5.74) is 0.564. The molecule has 0 aliphatic rings. The Morgan fingerprint density at radius 3 is 2.58 bits per heavy atom. The molecule has 1 unspecified atom stereocenters. The van der Waals surface area contributed by atoms with E-state index in [2.05, 4.69) is 0 Å². The fourth-order valence-electron chi connectivity index (χ4n) is 2.05. The first-order valence-electron chi connectivity index (χ1n) is 6.15. The highest BCUT2D eigenvalue weighted by Crippen LogP contribution is 2.20. The van der Waals surface area contributed by atoms with Crippen molar-refractivity contribution < 1.29 is 18.3 Å². The first-order chi connectivity index (χ1) is 8.88. The van der Waals surface area contributed by atoms with Crippen molar-refractivity contribution in [1.82, 2.24) is 8.87 Å². The molecule has 0 aliphatic heterocycles. The van der Waals surface area contributed by atoms with E-state index < -0.39 is 10.0 Å². The number of rotatable bonds is 7. The van der Waals surface area contributed by atoms with Gasteiger partial charge < -0.3 is 14.4 Å². The van der Waals surface area contributed by atoms with Gasteiger partial charge in [0, 0.05) is 38.6 Å². The summed E-state index contributed by atoms with van der Waals surface area (Å²) < 4.78 is 33.1. The van der Waals surface area contributed by atoms with Crippen LogP contribution in [-0.2, 0) is 28.4 Å². The highest BCUT2D eigenvalue weighted by molar-refractivity contribution is 7.89. The predicted octanol–water partition coefficient (Wildman–Crippen LogP) is 0.563. The first-order valence-corrected chi connectivity index (χ1v) is 7.59. The van der Waals surface area contributed by atoms with Gasteiger partial charge >= 0.3 is 0 Å². The number of aromatic nitrogens is 1. The number of ether oxygens (including phenoxy) is 1. The Bertz CT molecular complexity index is 510. The number of methoxy groups -OCH3 is 1. The molecule has 1 atom stereocenters. The van der Waals surface area contributed by atoms with E-state index in [1.54, 1.807) is 32.6 Å². The largest absolute Gasteiger partial charge is 0.390 e. The number of hydrogen-bond acceptors (Lipinski definition) is 4. The quantitative estimate of drug-likeness (QED) is 0.796. The fraction of sp³-hybridized carbons (Fsp3) is 0.667. The minimum Gasteiger partial charge on any atom is -0.390 e. The standard InChI is InChI=1S/C12H22N2O4S/c1-5-14(10(2)9-18-4)19(16,17)12-6-11(8-15)13(3)7-12/h6-7,10,15H,5,8-9H2,1-4H3. The molecule has 0 radical (unpaired) electrons. The van der Waals surface area contributed by atoms with Gasteiger partial charge in [0.2, 0.25) is 10.0 Å². The van der Waals surface area contributed by atoms with Gasteiger partial charge in [-0.05, 0) is 13.0 Å². The lowest BCUT2D eigenvalue weighted by Gasteiger charge is -2.26. The van der Waals surface area contributed by atoms with Crippen LogP contribution in [0.15, 0.2) is 17.2 Å². The van der Waals surface area contributed by atoms with E-state index in [4.69, 9.17) is 9.84 Å². The minimum absolute atomic E-state index is 0.189. The maximum absolute atomic E-state index is 12.5. The second-order valence-electron chi connectivity index (χ2n) is 4.45. The zero-order valence-corrected chi connectivity index (χ0v) is 12.6. The molecule has 1 aromatic heterocycles. The average Bonchev–Trinajstić information content (AvgIpc) is 2.72. The Morgan fingerprint density at radius 2 is 2.16 bits per heavy atom. The molecular formula is C12H22N2O4S. The molecule has 7 heteroatoms. The van der Waals surface area contributed by atoms with Crippen LogP contribution >= 0.6 is 0 Å². The highest BCUT2D eigenvalue weighted by atomic mass is 32.2. The zero-order valence-electron chi connectivity index (χ0n) is 11.8. The first kappa shape index (κ1) is 16.2. The summed E-state index contributed by atoms with van der Waals surface area (Å²) in [6, 6.07) is 1.26. The summed E-state index contributed by atoms with van der Waals surface area (Å²) in [7, 11) is -0.310. The molecule has 110 valence electrons. The molecule has 0 amide bonds. The van der Waals surface area contributed by atoms with E-state index in [0.717, 1.165) is 0 Å². The maximum Gasteiger partial charge on any atom is 0.244 e. The van der Waals surface area contributed by atoms with E-state index in [0.29, 0.717) is 18.8 Å². The van der Waals surface area contributed by atoms with Gasteiger partial charge in [-0.1, -0.05) is 6.92 Å². The molecule has 0 saturated heterocycles. The van der Waals surface area contributed by atoms with Crippen LogP contribution in [0.25, 0.3) is 0 Å². The SMILES string of the molecule is CCN(C(C)COC)S(=O)(=O)c1cc(CO)n(C)c1. The van der Waals surface area contributed by atoms with Gasteiger partial charge in [-0.3, -0.25) is 0 Å². The summed E-state index contributed by atoms with van der Waals surface area (Å²) in [5.74, 6) is 0. The van der Waals surface area contributed by atoms with E-state index in [-0.39, 0.29) is 17.5 Å². The number of hydrogen-bond donors (Lipinski definition) is 1. The lowest BCUT2D eigenvalue weighted by atomic mass is 10.4. The molecule has 0 aromatic carbocycles. The van der Waals surface area contributed by atoms with Crippen LogP contribution in [0, 0.1) is 0 Å². The van der Waals surface area contributed by atoms with Crippen LogP contribution in [0.4, 0.5) is 0 Å². The third-order valence-electron chi connectivity index (χ3n) is 3.06. The predicted molar refractivity (Wildman–Crippen MR) is 72.2 cm³/mol. The summed E-state index contributed by atoms with van der Waals surface area (Å²) in [6.07, 6.45) is 1.52. The van der Waals surface area contributed by atoms with E-state index in [1.165, 1.54) is 16.6 Å². The Morgan fingerprint density at radius 1 is 1.53 bits per heavy atom. The summed E-state index contributed by atoms with van der Waals surface area (Å²) in [6.45, 7) is 4.12. The molecule has 1 N–H and O–H groups in total. The van der Waals surface area contributed by atoms with Crippen LogP contribution in [-0.4, -0.2) is 48.7 Å². The number of aryl methyl sites for hydroxylation is 1. The van der Waals surface area contributed by atoms with E-state index >= 15 is 0 Å². The Labute approximate surface area is 114 Å². The van der Waals surface area contributed by atoms with Crippen LogP contribution < -0.4 is 0 Å². The molecule has 0 aliphatic carbocycles. The Kier molecular flexibility index (Phi) is 5.54. The van der Waals surface area contributed by atoms with Crippen molar-refractivity contribution >= 4 is 10.0 Å². The van der Waals surface area contributed by atoms with Gasteiger partial charge in [0.1, 0.15) is 4.90 Å². The molecule has 19 heavy (non-hydrogen) atoms. The van der Waals surface area contributed by atoms with Gasteiger partial charge in [-0.2, -0.15) is 4.31 Å². The Hall–Kier alpha value is -0.890. The molecule has 1 heterocycles. The van der Waals surface area contributed by atoms with Gasteiger partial charge in [-0.25, -0.2) is 8.42 Å². The lowest BCUT2D eigenvalue weighted by Crippen LogP contribution is -2.40. The normalized spacial score (nSPS) is 14.0. The van der Waals surface area contributed by atoms with Crippen LogP contribution in [0.1, 0.15) is 19.5 Å². The number of likely N-dealkylation sites (N-methyl/N-ethyl adjacent to an activating group) is 1. The van der Waals surface area contributed by atoms with Crippen LogP contribution in [0.3, 0.4) is 0 Å². The van der Waals surface area contributed by atoms with Gasteiger partial charge in [0.05, 0.1) is 13.2 Å². The maximum atomic E-state index is 12.5. The average molecular weight is 290 g/mol. The number of sulfonamides is 1. The smallest absolute Gasteiger partial charge is 0.244 e. The van der Waals surface area contributed by atoms with Crippen molar-refractivity contribution in [2.75, 3.05) is 20.3 Å². The van der Waals surface area contributed by atoms with Gasteiger partial charge in [-0.15, -0.1) is 0 Å². The molecule has 0 fully saturated rings. The number of aliphatic hydroxyl groups excluding tert-OH is 1. The van der Waals surface area contributed by atoms with Crippen LogP contribution in [0.2, 0.25) is 0 Å². The molecule has 0 saturated carbocycles. The van der Waals surface area contributed by atoms with E-state index in [9.17, 15) is 8.42 Å². The molecule has 0 bridgehead atoms. The Balaban J connectivity index is 3.12. The number of nitrogens with zero attached hydrogens (tertiary/aromatic N) is 2. The summed E-state index contributed by atoms with van der Waals surface area (Å²) >= 11 is 0. The molecule has 1 rings (SSSR count). The van der Waals surface area contributed by atoms with Crippen molar-refractivity contribution in [2.24, 2.45) is 7.05 Å². The molecule has 6 nitrogen and oxygen atoms in total. The van der Waals surface area contributed by atoms with Crippen molar-refractivity contribution in [3.05, 3.63) is 18.0 Å². The topological polar surface area (TPSA) is 71.8 Å². The highest BCUT2D eigenvalue weighted by Gasteiger charge is 2.28. The third-order valence-corrected chi connectivity index (χ3v) is 5.12. The summed E-state index contributed by atoms with van der Waals surface area (Å²) in [5, 5.41) is 9.14. The second-order valence-corrected chi connectivity index (χ2v) is 6.34. The van der Waals surface area contributed by atoms with Gasteiger partial charge in [0.25, 0.3) is 0 Å². The zero-order chi connectivity index (χ0) is 14.6. The molecule has 0 spiro atoms. The van der Waals surface area contributed by atoms with Crippen molar-refractivity contribution in [1.29, 1.82) is 0 Å². The van der Waals surface area contributed by atoms with Crippen molar-refractivity contribution in [3.63, 3.8) is 0 Å². The van der Waals surface area contributed by atoms with Crippen molar-refractivity contribution in [3.8, 4) is 0 Å². The van der Waals surface area contributed by atoms with E-state index in [1.807, 2.05) is 0 Å². The lowest BCUT2D eigenvalue weighted by molar-refractivity contribution is 0.142. The minimum atomic E-state index is -3.56. The van der Waals surface area contributed by atoms with Crippen molar-refractivity contribution in [2.45, 2.75) is 31.4 Å². The van der Waals surface area contributed by atoms with Crippen LogP contribution in [0.5, 0.6) is 0 Å². The second kappa shape index (κ2) is 6.51. The summed E-state index contributed by atoms with van der Waals surface area (Å²) in [4.78, 5) is 0.198.